The first kappa shape index (κ1) is 14.9. The number of ether oxygens (including phenoxy) is 2. The summed E-state index contributed by atoms with van der Waals surface area (Å²) in [6.45, 7) is 4.15. The van der Waals surface area contributed by atoms with Crippen LogP contribution in [0.4, 0.5) is 0 Å². The van der Waals surface area contributed by atoms with Gasteiger partial charge in [-0.3, -0.25) is 4.79 Å². The van der Waals surface area contributed by atoms with Crippen molar-refractivity contribution < 1.29 is 14.3 Å². The third-order valence-electron chi connectivity index (χ3n) is 5.08. The molecule has 0 spiro atoms. The Morgan fingerprint density at radius 2 is 2.00 bits per heavy atom. The van der Waals surface area contributed by atoms with Crippen LogP contribution in [0.1, 0.15) is 36.5 Å². The molecular formula is C19H22O3. The minimum Gasteiger partial charge on any atom is -0.497 e. The number of aryl methyl sites for hydroxylation is 1. The minimum atomic E-state index is -0.540. The predicted octanol–water partition coefficient (Wildman–Crippen LogP) is 3.92. The van der Waals surface area contributed by atoms with Crippen LogP contribution in [-0.2, 0) is 21.4 Å². The van der Waals surface area contributed by atoms with Crippen LogP contribution < -0.4 is 4.74 Å². The maximum atomic E-state index is 12.4. The van der Waals surface area contributed by atoms with Gasteiger partial charge in [-0.2, -0.15) is 0 Å². The fraction of sp³-hybridized carbons (Fsp3) is 0.421. The van der Waals surface area contributed by atoms with Crippen LogP contribution in [0.3, 0.4) is 0 Å². The average molecular weight is 298 g/mol. The molecule has 116 valence electrons. The van der Waals surface area contributed by atoms with Crippen LogP contribution in [0.25, 0.3) is 10.8 Å². The highest BCUT2D eigenvalue weighted by atomic mass is 16.5. The van der Waals surface area contributed by atoms with Crippen molar-refractivity contribution in [3.63, 3.8) is 0 Å². The van der Waals surface area contributed by atoms with Gasteiger partial charge in [-0.25, -0.2) is 0 Å². The number of fused-ring (bicyclic) bond motifs is 2. The summed E-state index contributed by atoms with van der Waals surface area (Å²) in [5.74, 6) is 0.725. The third-order valence-corrected chi connectivity index (χ3v) is 5.08. The molecule has 0 saturated heterocycles. The van der Waals surface area contributed by atoms with E-state index >= 15 is 0 Å². The first-order valence-electron chi connectivity index (χ1n) is 7.70. The monoisotopic (exact) mass is 298 g/mol. The molecule has 3 nitrogen and oxygen atoms in total. The van der Waals surface area contributed by atoms with Gasteiger partial charge in [0.05, 0.1) is 19.6 Å². The van der Waals surface area contributed by atoms with Crippen LogP contribution in [0.15, 0.2) is 24.3 Å². The van der Waals surface area contributed by atoms with E-state index in [0.29, 0.717) is 0 Å². The fourth-order valence-corrected chi connectivity index (χ4v) is 3.73. The summed E-state index contributed by atoms with van der Waals surface area (Å²) < 4.78 is 10.4. The van der Waals surface area contributed by atoms with Gasteiger partial charge in [0.2, 0.25) is 0 Å². The summed E-state index contributed by atoms with van der Waals surface area (Å²) in [6, 6.07) is 8.27. The number of hydrogen-bond donors (Lipinski definition) is 0. The van der Waals surface area contributed by atoms with E-state index in [1.165, 1.54) is 23.6 Å². The molecule has 0 saturated carbocycles. The van der Waals surface area contributed by atoms with Gasteiger partial charge in [0.25, 0.3) is 0 Å². The van der Waals surface area contributed by atoms with Gasteiger partial charge in [0.1, 0.15) is 5.75 Å². The number of esters is 1. The van der Waals surface area contributed by atoms with E-state index in [9.17, 15) is 4.79 Å². The zero-order valence-corrected chi connectivity index (χ0v) is 13.7. The minimum absolute atomic E-state index is 0.138. The number of hydrogen-bond acceptors (Lipinski definition) is 3. The Bertz CT molecular complexity index is 748. The van der Waals surface area contributed by atoms with Gasteiger partial charge in [0, 0.05) is 0 Å². The van der Waals surface area contributed by atoms with Crippen LogP contribution in [-0.4, -0.2) is 20.2 Å². The number of benzene rings is 2. The lowest BCUT2D eigenvalue weighted by atomic mass is 9.69. The van der Waals surface area contributed by atoms with E-state index in [-0.39, 0.29) is 5.97 Å². The van der Waals surface area contributed by atoms with Crippen molar-refractivity contribution in [3.8, 4) is 5.75 Å². The molecule has 1 atom stereocenters. The molecule has 1 aliphatic rings. The lowest BCUT2D eigenvalue weighted by molar-refractivity contribution is -0.147. The van der Waals surface area contributed by atoms with E-state index in [2.05, 4.69) is 25.1 Å². The van der Waals surface area contributed by atoms with Crippen LogP contribution in [0, 0.1) is 6.92 Å². The van der Waals surface area contributed by atoms with Gasteiger partial charge in [0.15, 0.2) is 0 Å². The van der Waals surface area contributed by atoms with Crippen molar-refractivity contribution in [1.29, 1.82) is 0 Å². The number of methoxy groups -OCH3 is 2. The first-order valence-corrected chi connectivity index (χ1v) is 7.70. The van der Waals surface area contributed by atoms with Gasteiger partial charge < -0.3 is 9.47 Å². The maximum absolute atomic E-state index is 12.4. The fourth-order valence-electron chi connectivity index (χ4n) is 3.73. The highest BCUT2D eigenvalue weighted by Crippen LogP contribution is 2.42. The molecule has 0 bridgehead atoms. The third kappa shape index (κ3) is 2.07. The first-order chi connectivity index (χ1) is 10.5. The molecule has 0 amide bonds. The van der Waals surface area contributed by atoms with Crippen molar-refractivity contribution in [2.24, 2.45) is 0 Å². The van der Waals surface area contributed by atoms with E-state index in [1.807, 2.05) is 13.0 Å². The van der Waals surface area contributed by atoms with E-state index in [1.54, 1.807) is 7.11 Å². The Morgan fingerprint density at radius 3 is 2.68 bits per heavy atom. The quantitative estimate of drug-likeness (QED) is 0.788. The smallest absolute Gasteiger partial charge is 0.316 e. The molecule has 0 N–H and O–H groups in total. The summed E-state index contributed by atoms with van der Waals surface area (Å²) in [6.07, 6.45) is 2.86. The number of carbonyl (C=O) groups excluding carboxylic acids is 1. The Labute approximate surface area is 131 Å². The van der Waals surface area contributed by atoms with Gasteiger partial charge in [-0.05, 0) is 78.8 Å². The molecule has 0 radical (unpaired) electrons. The zero-order valence-electron chi connectivity index (χ0n) is 13.7. The largest absolute Gasteiger partial charge is 0.497 e. The van der Waals surface area contributed by atoms with Crippen LogP contribution in [0.5, 0.6) is 5.75 Å². The molecule has 1 aliphatic carbocycles. The van der Waals surface area contributed by atoms with Crippen molar-refractivity contribution in [3.05, 3.63) is 41.0 Å². The van der Waals surface area contributed by atoms with E-state index < -0.39 is 5.41 Å². The second-order valence-corrected chi connectivity index (χ2v) is 6.29. The highest BCUT2D eigenvalue weighted by Gasteiger charge is 2.40. The highest BCUT2D eigenvalue weighted by molar-refractivity contribution is 5.92. The molecule has 0 aliphatic heterocycles. The standard InChI is InChI=1S/C19H22O3/c1-12-15-6-5-9-19(2,18(20)22-4)17(15)10-13-7-8-14(21-3)11-16(12)13/h7-8,10-11H,5-6,9H2,1-4H3/t19-/m0/s1. The molecule has 2 aromatic carbocycles. The molecule has 0 heterocycles. The van der Waals surface area contributed by atoms with Crippen molar-refractivity contribution in [1.82, 2.24) is 0 Å². The van der Waals surface area contributed by atoms with Gasteiger partial charge in [-0.1, -0.05) is 6.07 Å². The number of rotatable bonds is 2. The van der Waals surface area contributed by atoms with E-state index in [0.717, 1.165) is 36.0 Å². The average Bonchev–Trinajstić information content (AvgIpc) is 2.55. The lowest BCUT2D eigenvalue weighted by Gasteiger charge is -2.34. The summed E-state index contributed by atoms with van der Waals surface area (Å²) in [5.41, 5.74) is 3.13. The number of carbonyl (C=O) groups is 1. The predicted molar refractivity (Wildman–Crippen MR) is 87.5 cm³/mol. The molecule has 3 heteroatoms. The summed E-state index contributed by atoms with van der Waals surface area (Å²) in [5, 5.41) is 2.35. The second-order valence-electron chi connectivity index (χ2n) is 6.29. The Morgan fingerprint density at radius 1 is 1.23 bits per heavy atom. The summed E-state index contributed by atoms with van der Waals surface area (Å²) in [4.78, 5) is 12.4. The van der Waals surface area contributed by atoms with Crippen LogP contribution >= 0.6 is 0 Å². The second kappa shape index (κ2) is 5.31. The Hall–Kier alpha value is -2.03. The Balaban J connectivity index is 2.28. The zero-order chi connectivity index (χ0) is 15.9. The van der Waals surface area contributed by atoms with Crippen LogP contribution in [0.2, 0.25) is 0 Å². The molecule has 3 rings (SSSR count). The topological polar surface area (TPSA) is 35.5 Å². The Kier molecular flexibility index (Phi) is 3.59. The molecular weight excluding hydrogens is 276 g/mol. The van der Waals surface area contributed by atoms with Crippen molar-refractivity contribution in [2.45, 2.75) is 38.5 Å². The molecule has 0 aromatic heterocycles. The molecule has 22 heavy (non-hydrogen) atoms. The normalized spacial score (nSPS) is 20.5. The molecule has 0 fully saturated rings. The van der Waals surface area contributed by atoms with Gasteiger partial charge >= 0.3 is 5.97 Å². The SMILES string of the molecule is COC(=O)[C@@]1(C)CCCc2c1cc1ccc(OC)cc1c2C. The summed E-state index contributed by atoms with van der Waals surface area (Å²) >= 11 is 0. The maximum Gasteiger partial charge on any atom is 0.316 e. The van der Waals surface area contributed by atoms with Crippen molar-refractivity contribution in [2.75, 3.05) is 14.2 Å². The van der Waals surface area contributed by atoms with Gasteiger partial charge in [-0.15, -0.1) is 0 Å². The lowest BCUT2D eigenvalue weighted by Crippen LogP contribution is -2.37. The molecule has 2 aromatic rings. The van der Waals surface area contributed by atoms with E-state index in [4.69, 9.17) is 9.47 Å². The molecule has 0 unspecified atom stereocenters. The van der Waals surface area contributed by atoms with Crippen molar-refractivity contribution >= 4 is 16.7 Å². The summed E-state index contributed by atoms with van der Waals surface area (Å²) in [7, 11) is 3.16.